The Balaban J connectivity index is 1.68. The van der Waals surface area contributed by atoms with Crippen LogP contribution in [-0.2, 0) is 4.57 Å². The minimum Gasteiger partial charge on any atom is -0.502 e. The van der Waals surface area contributed by atoms with E-state index in [9.17, 15) is 5.11 Å². The van der Waals surface area contributed by atoms with Crippen molar-refractivity contribution >= 4 is 34.4 Å². The monoisotopic (exact) mass is 659 g/mol. The maximum absolute atomic E-state index is 15.9. The molecule has 0 aliphatic heterocycles. The lowest BCUT2D eigenvalue weighted by Gasteiger charge is -2.24. The Hall–Kier alpha value is -5.46. The molecule has 0 amide bonds. The van der Waals surface area contributed by atoms with Crippen molar-refractivity contribution in [3.8, 4) is 51.3 Å². The van der Waals surface area contributed by atoms with Crippen LogP contribution in [0, 0.1) is 0 Å². The van der Waals surface area contributed by atoms with Crippen molar-refractivity contribution in [2.24, 2.45) is 0 Å². The standard InChI is InChI=1S/C39H38N3O5P/c1-41(2)28-19-17-26(18-20-28)36-38(47-39(40-36)27-23-33(45-5)37(43)34(24-27)46-6)32-22-21-29(42(3)4)25-35(32)48(44,30-13-9-7-10-14-30)31-15-11-8-12-16-31/h7-25,43H,1-6H3. The minimum absolute atomic E-state index is 0.122. The van der Waals surface area contributed by atoms with Gasteiger partial charge in [0.25, 0.3) is 0 Å². The SMILES string of the molecule is COc1cc(-c2nc(-c3ccc(N(C)C)cc3)c(-c3ccc(N(C)C)cc3P(=O)(c3ccccc3)c3ccccc3)o2)cc(OC)c1O. The van der Waals surface area contributed by atoms with Crippen molar-refractivity contribution in [2.75, 3.05) is 52.2 Å². The van der Waals surface area contributed by atoms with E-state index in [0.717, 1.165) is 16.9 Å². The molecule has 1 heterocycles. The highest BCUT2D eigenvalue weighted by Gasteiger charge is 2.35. The van der Waals surface area contributed by atoms with Crippen LogP contribution in [0.1, 0.15) is 0 Å². The van der Waals surface area contributed by atoms with E-state index >= 15 is 4.57 Å². The average Bonchev–Trinajstić information content (AvgIpc) is 3.57. The molecule has 6 rings (SSSR count). The molecule has 1 N–H and O–H groups in total. The second kappa shape index (κ2) is 13.3. The molecule has 0 aliphatic carbocycles. The lowest BCUT2D eigenvalue weighted by atomic mass is 10.0. The molecule has 0 radical (unpaired) electrons. The predicted octanol–water partition coefficient (Wildman–Crippen LogP) is 7.17. The minimum atomic E-state index is -3.47. The van der Waals surface area contributed by atoms with E-state index in [2.05, 4.69) is 0 Å². The molecule has 0 aliphatic rings. The van der Waals surface area contributed by atoms with Gasteiger partial charge in [0.05, 0.1) is 14.2 Å². The van der Waals surface area contributed by atoms with Crippen molar-refractivity contribution in [3.05, 3.63) is 115 Å². The summed E-state index contributed by atoms with van der Waals surface area (Å²) >= 11 is 0. The fourth-order valence-electron chi connectivity index (χ4n) is 5.71. The third kappa shape index (κ3) is 5.91. The number of aromatic nitrogens is 1. The van der Waals surface area contributed by atoms with Crippen LogP contribution in [0.25, 0.3) is 34.0 Å². The topological polar surface area (TPSA) is 88.3 Å². The maximum Gasteiger partial charge on any atom is 0.227 e. The van der Waals surface area contributed by atoms with Crippen LogP contribution in [0.3, 0.4) is 0 Å². The summed E-state index contributed by atoms with van der Waals surface area (Å²) in [6.07, 6.45) is 0. The van der Waals surface area contributed by atoms with Crippen LogP contribution in [0.15, 0.2) is 120 Å². The van der Waals surface area contributed by atoms with Gasteiger partial charge in [0.1, 0.15) is 5.69 Å². The van der Waals surface area contributed by atoms with Gasteiger partial charge in [0.15, 0.2) is 24.4 Å². The summed E-state index contributed by atoms with van der Waals surface area (Å²) in [7, 11) is 7.38. The molecule has 1 aromatic heterocycles. The number of phenols is 1. The van der Waals surface area contributed by atoms with Crippen LogP contribution in [0.2, 0.25) is 0 Å². The first-order chi connectivity index (χ1) is 23.1. The first-order valence-corrected chi connectivity index (χ1v) is 17.1. The number of anilines is 2. The molecule has 0 saturated carbocycles. The van der Waals surface area contributed by atoms with Gasteiger partial charge in [0, 0.05) is 72.2 Å². The molecule has 0 unspecified atom stereocenters. The lowest BCUT2D eigenvalue weighted by molar-refractivity contribution is 0.340. The van der Waals surface area contributed by atoms with Crippen molar-refractivity contribution in [1.82, 2.24) is 4.98 Å². The van der Waals surface area contributed by atoms with E-state index < -0.39 is 7.14 Å². The van der Waals surface area contributed by atoms with Crippen molar-refractivity contribution in [1.29, 1.82) is 0 Å². The Morgan fingerprint density at radius 3 is 1.69 bits per heavy atom. The molecule has 0 fully saturated rings. The molecule has 0 atom stereocenters. The number of aromatic hydroxyl groups is 1. The van der Waals surface area contributed by atoms with Crippen LogP contribution in [0.5, 0.6) is 17.2 Å². The fraction of sp³-hybridized carbons (Fsp3) is 0.154. The highest BCUT2D eigenvalue weighted by molar-refractivity contribution is 7.85. The zero-order chi connectivity index (χ0) is 34.0. The number of hydrogen-bond donors (Lipinski definition) is 1. The number of methoxy groups -OCH3 is 2. The number of ether oxygens (including phenoxy) is 2. The molecule has 8 nitrogen and oxygen atoms in total. The van der Waals surface area contributed by atoms with E-state index in [4.69, 9.17) is 18.9 Å². The van der Waals surface area contributed by atoms with Crippen LogP contribution in [-0.4, -0.2) is 52.5 Å². The summed E-state index contributed by atoms with van der Waals surface area (Å²) in [5, 5.41) is 12.7. The van der Waals surface area contributed by atoms with Crippen molar-refractivity contribution in [3.63, 3.8) is 0 Å². The van der Waals surface area contributed by atoms with Gasteiger partial charge in [-0.3, -0.25) is 0 Å². The van der Waals surface area contributed by atoms with E-state index in [1.807, 2.05) is 141 Å². The van der Waals surface area contributed by atoms with Gasteiger partial charge in [-0.2, -0.15) is 0 Å². The molecular formula is C39H38N3O5P. The van der Waals surface area contributed by atoms with E-state index in [1.165, 1.54) is 14.2 Å². The smallest absolute Gasteiger partial charge is 0.227 e. The van der Waals surface area contributed by atoms with Crippen LogP contribution in [0.4, 0.5) is 11.4 Å². The number of phenolic OH excluding ortho intramolecular Hbond substituents is 1. The van der Waals surface area contributed by atoms with Gasteiger partial charge in [-0.1, -0.05) is 72.8 Å². The van der Waals surface area contributed by atoms with Gasteiger partial charge in [0.2, 0.25) is 11.6 Å². The van der Waals surface area contributed by atoms with Crippen molar-refractivity contribution in [2.45, 2.75) is 0 Å². The van der Waals surface area contributed by atoms with E-state index in [0.29, 0.717) is 38.5 Å². The second-order valence-corrected chi connectivity index (χ2v) is 14.5. The quantitative estimate of drug-likeness (QED) is 0.155. The Morgan fingerprint density at radius 2 is 1.19 bits per heavy atom. The number of oxazole rings is 1. The Morgan fingerprint density at radius 1 is 0.667 bits per heavy atom. The first-order valence-electron chi connectivity index (χ1n) is 15.4. The zero-order valence-corrected chi connectivity index (χ0v) is 28.7. The summed E-state index contributed by atoms with van der Waals surface area (Å²) in [6, 6.07) is 36.5. The summed E-state index contributed by atoms with van der Waals surface area (Å²) in [5.41, 5.74) is 4.52. The first kappa shape index (κ1) is 32.5. The molecule has 5 aromatic carbocycles. The average molecular weight is 660 g/mol. The number of rotatable bonds is 10. The fourth-order valence-corrected chi connectivity index (χ4v) is 8.58. The van der Waals surface area contributed by atoms with Gasteiger partial charge in [-0.05, 0) is 42.5 Å². The Kier molecular flexibility index (Phi) is 9.03. The predicted molar refractivity (Wildman–Crippen MR) is 196 cm³/mol. The molecular weight excluding hydrogens is 621 g/mol. The number of nitrogens with zero attached hydrogens (tertiary/aromatic N) is 3. The number of benzene rings is 5. The van der Waals surface area contributed by atoms with E-state index in [-0.39, 0.29) is 23.1 Å². The summed E-state index contributed by atoms with van der Waals surface area (Å²) in [5.74, 6) is 1.05. The maximum atomic E-state index is 15.9. The van der Waals surface area contributed by atoms with Crippen molar-refractivity contribution < 1.29 is 23.6 Å². The third-order valence-electron chi connectivity index (χ3n) is 8.33. The molecule has 0 saturated heterocycles. The van der Waals surface area contributed by atoms with Crippen LogP contribution >= 0.6 is 7.14 Å². The highest BCUT2D eigenvalue weighted by Crippen LogP contribution is 2.48. The Bertz CT molecular complexity index is 2020. The zero-order valence-electron chi connectivity index (χ0n) is 27.8. The highest BCUT2D eigenvalue weighted by atomic mass is 31.2. The van der Waals surface area contributed by atoms with Gasteiger partial charge >= 0.3 is 0 Å². The Labute approximate surface area is 281 Å². The largest absolute Gasteiger partial charge is 0.502 e. The number of hydrogen-bond acceptors (Lipinski definition) is 8. The summed E-state index contributed by atoms with van der Waals surface area (Å²) in [4.78, 5) is 9.06. The second-order valence-electron chi connectivity index (χ2n) is 11.7. The normalized spacial score (nSPS) is 11.3. The lowest BCUT2D eigenvalue weighted by Crippen LogP contribution is -2.27. The summed E-state index contributed by atoms with van der Waals surface area (Å²) < 4.78 is 33.5. The van der Waals surface area contributed by atoms with Crippen LogP contribution < -0.4 is 35.2 Å². The summed E-state index contributed by atoms with van der Waals surface area (Å²) in [6.45, 7) is 0. The molecule has 6 aromatic rings. The van der Waals surface area contributed by atoms with Gasteiger partial charge in [-0.15, -0.1) is 0 Å². The third-order valence-corrected chi connectivity index (χ3v) is 11.4. The molecule has 244 valence electrons. The molecule has 0 bridgehead atoms. The van der Waals surface area contributed by atoms with Gasteiger partial charge in [-0.25, -0.2) is 4.98 Å². The molecule has 0 spiro atoms. The molecule has 48 heavy (non-hydrogen) atoms. The molecule has 9 heteroatoms. The van der Waals surface area contributed by atoms with E-state index in [1.54, 1.807) is 12.1 Å². The van der Waals surface area contributed by atoms with Gasteiger partial charge < -0.3 is 33.4 Å².